The van der Waals surface area contributed by atoms with Crippen LogP contribution in [0.1, 0.15) is 49.7 Å². The van der Waals surface area contributed by atoms with Crippen LogP contribution < -0.4 is 0 Å². The minimum Gasteiger partial charge on any atom is -0.0622 e. The molecule has 2 aromatic carbocycles. The Morgan fingerprint density at radius 3 is 1.36 bits per heavy atom. The molecule has 1 fully saturated rings. The fourth-order valence-electron chi connectivity index (χ4n) is 4.01. The summed E-state index contributed by atoms with van der Waals surface area (Å²) in [5, 5.41) is 0. The second-order valence-corrected chi connectivity index (χ2v) is 6.89. The van der Waals surface area contributed by atoms with Crippen molar-refractivity contribution in [1.82, 2.24) is 0 Å². The normalized spacial score (nSPS) is 22.7. The maximum atomic E-state index is 2.30. The largest absolute Gasteiger partial charge is 0.0622 e. The van der Waals surface area contributed by atoms with E-state index in [2.05, 4.69) is 60.7 Å². The summed E-state index contributed by atoms with van der Waals surface area (Å²) in [5.74, 6) is 1.70. The van der Waals surface area contributed by atoms with Gasteiger partial charge in [0.05, 0.1) is 0 Å². The highest BCUT2D eigenvalue weighted by molar-refractivity contribution is 5.17. The highest BCUT2D eigenvalue weighted by Gasteiger charge is 2.23. The molecule has 2 unspecified atom stereocenters. The predicted molar refractivity (Wildman–Crippen MR) is 95.0 cm³/mol. The van der Waals surface area contributed by atoms with E-state index in [1.165, 1.54) is 62.5 Å². The van der Waals surface area contributed by atoms with Crippen molar-refractivity contribution in [3.63, 3.8) is 0 Å². The molecule has 116 valence electrons. The standard InChI is InChI=1S/C22H28/c1-2-10-16-22(18-20-13-7-4-8-14-20)21(15-9-1)17-19-11-5-3-6-12-19/h3-8,11-14,21-22H,1-2,9-10,15-18H2. The summed E-state index contributed by atoms with van der Waals surface area (Å²) in [7, 11) is 0. The molecule has 0 spiro atoms. The first-order valence-electron chi connectivity index (χ1n) is 8.99. The van der Waals surface area contributed by atoms with Crippen LogP contribution in [0.2, 0.25) is 0 Å². The van der Waals surface area contributed by atoms with Crippen molar-refractivity contribution < 1.29 is 0 Å². The van der Waals surface area contributed by atoms with Crippen LogP contribution in [0.25, 0.3) is 0 Å². The van der Waals surface area contributed by atoms with Crippen molar-refractivity contribution in [3.8, 4) is 0 Å². The van der Waals surface area contributed by atoms with Gasteiger partial charge >= 0.3 is 0 Å². The molecular weight excluding hydrogens is 264 g/mol. The van der Waals surface area contributed by atoms with Gasteiger partial charge in [-0.15, -0.1) is 0 Å². The van der Waals surface area contributed by atoms with E-state index in [1.54, 1.807) is 0 Å². The second kappa shape index (κ2) is 8.17. The van der Waals surface area contributed by atoms with Gasteiger partial charge in [0.2, 0.25) is 0 Å². The van der Waals surface area contributed by atoms with E-state index in [0.29, 0.717) is 0 Å². The Morgan fingerprint density at radius 1 is 0.545 bits per heavy atom. The maximum absolute atomic E-state index is 2.30. The van der Waals surface area contributed by atoms with Crippen molar-refractivity contribution >= 4 is 0 Å². The topological polar surface area (TPSA) is 0 Å². The third kappa shape index (κ3) is 4.47. The van der Waals surface area contributed by atoms with Crippen LogP contribution >= 0.6 is 0 Å². The fourth-order valence-corrected chi connectivity index (χ4v) is 4.01. The number of benzene rings is 2. The molecule has 0 heteroatoms. The lowest BCUT2D eigenvalue weighted by Gasteiger charge is -2.30. The van der Waals surface area contributed by atoms with Gasteiger partial charge in [0.15, 0.2) is 0 Å². The van der Waals surface area contributed by atoms with Crippen LogP contribution in [0.15, 0.2) is 60.7 Å². The number of hydrogen-bond acceptors (Lipinski definition) is 0. The quantitative estimate of drug-likeness (QED) is 0.642. The molecule has 0 nitrogen and oxygen atoms in total. The average Bonchev–Trinajstić information content (AvgIpc) is 2.55. The molecule has 0 saturated heterocycles. The van der Waals surface area contributed by atoms with E-state index >= 15 is 0 Å². The Bertz CT molecular complexity index is 477. The predicted octanol–water partition coefficient (Wildman–Crippen LogP) is 6.06. The van der Waals surface area contributed by atoms with E-state index in [-0.39, 0.29) is 0 Å². The van der Waals surface area contributed by atoms with E-state index < -0.39 is 0 Å². The molecule has 1 saturated carbocycles. The molecule has 3 rings (SSSR count). The van der Waals surface area contributed by atoms with Crippen molar-refractivity contribution in [3.05, 3.63) is 71.8 Å². The van der Waals surface area contributed by atoms with E-state index in [0.717, 1.165) is 11.8 Å². The van der Waals surface area contributed by atoms with Gasteiger partial charge in [-0.2, -0.15) is 0 Å². The lowest BCUT2D eigenvalue weighted by atomic mass is 9.75. The van der Waals surface area contributed by atoms with Crippen LogP contribution in [-0.4, -0.2) is 0 Å². The third-order valence-electron chi connectivity index (χ3n) is 5.25. The van der Waals surface area contributed by atoms with E-state index in [1.807, 2.05) is 0 Å². The van der Waals surface area contributed by atoms with Crippen LogP contribution in [0.3, 0.4) is 0 Å². The highest BCUT2D eigenvalue weighted by atomic mass is 14.3. The van der Waals surface area contributed by atoms with Crippen LogP contribution in [0.5, 0.6) is 0 Å². The molecule has 0 bridgehead atoms. The number of rotatable bonds is 4. The molecule has 1 aliphatic carbocycles. The Morgan fingerprint density at radius 2 is 0.955 bits per heavy atom. The van der Waals surface area contributed by atoms with Gasteiger partial charge in [-0.05, 0) is 48.6 Å². The SMILES string of the molecule is c1ccc(CC2CCCCCCC2Cc2ccccc2)cc1. The monoisotopic (exact) mass is 292 g/mol. The summed E-state index contributed by atoms with van der Waals surface area (Å²) < 4.78 is 0. The van der Waals surface area contributed by atoms with E-state index in [4.69, 9.17) is 0 Å². The second-order valence-electron chi connectivity index (χ2n) is 6.89. The van der Waals surface area contributed by atoms with Crippen LogP contribution in [0.4, 0.5) is 0 Å². The molecule has 0 aliphatic heterocycles. The van der Waals surface area contributed by atoms with Crippen molar-refractivity contribution in [1.29, 1.82) is 0 Å². The molecule has 22 heavy (non-hydrogen) atoms. The molecule has 0 N–H and O–H groups in total. The maximum Gasteiger partial charge on any atom is -0.0248 e. The summed E-state index contributed by atoms with van der Waals surface area (Å²) >= 11 is 0. The Kier molecular flexibility index (Phi) is 5.70. The first-order chi connectivity index (χ1) is 10.9. The lowest BCUT2D eigenvalue weighted by molar-refractivity contribution is 0.257. The molecule has 0 radical (unpaired) electrons. The summed E-state index contributed by atoms with van der Waals surface area (Å²) in [5.41, 5.74) is 3.04. The summed E-state index contributed by atoms with van der Waals surface area (Å²) in [4.78, 5) is 0. The summed E-state index contributed by atoms with van der Waals surface area (Å²) in [6, 6.07) is 22.2. The summed E-state index contributed by atoms with van der Waals surface area (Å²) in [6.07, 6.45) is 11.0. The third-order valence-corrected chi connectivity index (χ3v) is 5.25. The fraction of sp³-hybridized carbons (Fsp3) is 0.455. The van der Waals surface area contributed by atoms with Gasteiger partial charge in [0.25, 0.3) is 0 Å². The zero-order valence-corrected chi connectivity index (χ0v) is 13.6. The molecule has 1 aliphatic rings. The van der Waals surface area contributed by atoms with Crippen molar-refractivity contribution in [2.45, 2.75) is 51.4 Å². The zero-order valence-electron chi connectivity index (χ0n) is 13.6. The Labute approximate surface area is 135 Å². The smallest absolute Gasteiger partial charge is 0.0248 e. The Balaban J connectivity index is 1.72. The average molecular weight is 292 g/mol. The molecule has 2 atom stereocenters. The minimum absolute atomic E-state index is 0.850. The van der Waals surface area contributed by atoms with Crippen LogP contribution in [-0.2, 0) is 12.8 Å². The zero-order chi connectivity index (χ0) is 15.0. The molecule has 2 aromatic rings. The number of hydrogen-bond donors (Lipinski definition) is 0. The van der Waals surface area contributed by atoms with Gasteiger partial charge in [-0.25, -0.2) is 0 Å². The summed E-state index contributed by atoms with van der Waals surface area (Å²) in [6.45, 7) is 0. The van der Waals surface area contributed by atoms with Crippen molar-refractivity contribution in [2.75, 3.05) is 0 Å². The van der Waals surface area contributed by atoms with Gasteiger partial charge in [0, 0.05) is 0 Å². The van der Waals surface area contributed by atoms with Gasteiger partial charge in [-0.3, -0.25) is 0 Å². The van der Waals surface area contributed by atoms with Gasteiger partial charge in [0.1, 0.15) is 0 Å². The highest BCUT2D eigenvalue weighted by Crippen LogP contribution is 2.33. The molecule has 0 heterocycles. The first-order valence-corrected chi connectivity index (χ1v) is 8.99. The van der Waals surface area contributed by atoms with Gasteiger partial charge < -0.3 is 0 Å². The Hall–Kier alpha value is -1.56. The van der Waals surface area contributed by atoms with Crippen LogP contribution in [0, 0.1) is 11.8 Å². The molecular formula is C22H28. The van der Waals surface area contributed by atoms with Crippen molar-refractivity contribution in [2.24, 2.45) is 11.8 Å². The van der Waals surface area contributed by atoms with Gasteiger partial charge in [-0.1, -0.05) is 86.3 Å². The molecule has 0 aromatic heterocycles. The molecule has 0 amide bonds. The van der Waals surface area contributed by atoms with E-state index in [9.17, 15) is 0 Å². The minimum atomic E-state index is 0.850. The lowest BCUT2D eigenvalue weighted by Crippen LogP contribution is -2.21. The first kappa shape index (κ1) is 15.3.